The lowest BCUT2D eigenvalue weighted by Crippen LogP contribution is -2.38. The third-order valence-corrected chi connectivity index (χ3v) is 2.77. The summed E-state index contributed by atoms with van der Waals surface area (Å²) in [6, 6.07) is 5.08. The number of nitrogens with zero attached hydrogens (tertiary/aromatic N) is 1. The van der Waals surface area contributed by atoms with Gasteiger partial charge in [-0.15, -0.1) is 0 Å². The minimum absolute atomic E-state index is 0.249. The number of carbonyl (C=O) groups is 2. The summed E-state index contributed by atoms with van der Waals surface area (Å²) in [5.74, 6) is -0.503. The van der Waals surface area contributed by atoms with Crippen molar-refractivity contribution in [2.24, 2.45) is 4.99 Å². The molecule has 0 unspecified atom stereocenters. The molecule has 6 heteroatoms. The minimum Gasteiger partial charge on any atom is -0.349 e. The van der Waals surface area contributed by atoms with Gasteiger partial charge in [-0.2, -0.15) is 0 Å². The van der Waals surface area contributed by atoms with Gasteiger partial charge < -0.3 is 10.6 Å². The van der Waals surface area contributed by atoms with Gasteiger partial charge in [0.2, 0.25) is 5.91 Å². The van der Waals surface area contributed by atoms with Gasteiger partial charge in [-0.25, -0.2) is 0 Å². The van der Waals surface area contributed by atoms with Gasteiger partial charge in [0, 0.05) is 19.0 Å². The Kier molecular flexibility index (Phi) is 3.62. The standard InChI is InChI=1S/C12H12ClN3O2/c1-7(17)16-10-8(3-2-4-9(10)13)11-12(18)15-6-5-14-11/h2-4H,5-6H2,1H3,(H,15,18)(H,16,17). The van der Waals surface area contributed by atoms with E-state index in [0.717, 1.165) is 0 Å². The summed E-state index contributed by atoms with van der Waals surface area (Å²) >= 11 is 6.04. The van der Waals surface area contributed by atoms with Crippen LogP contribution in [0.1, 0.15) is 12.5 Å². The van der Waals surface area contributed by atoms with Crippen LogP contribution in [0, 0.1) is 0 Å². The van der Waals surface area contributed by atoms with Crippen LogP contribution in [0.5, 0.6) is 0 Å². The number of benzene rings is 1. The molecule has 0 aliphatic carbocycles. The van der Waals surface area contributed by atoms with Crippen molar-refractivity contribution in [3.8, 4) is 0 Å². The highest BCUT2D eigenvalue weighted by atomic mass is 35.5. The summed E-state index contributed by atoms with van der Waals surface area (Å²) in [7, 11) is 0. The van der Waals surface area contributed by atoms with E-state index in [1.165, 1.54) is 6.92 Å². The molecule has 1 aromatic carbocycles. The number of anilines is 1. The average molecular weight is 266 g/mol. The summed E-state index contributed by atoms with van der Waals surface area (Å²) in [6.45, 7) is 2.43. The molecule has 1 aromatic rings. The molecule has 0 saturated carbocycles. The van der Waals surface area contributed by atoms with Crippen molar-refractivity contribution in [1.29, 1.82) is 0 Å². The van der Waals surface area contributed by atoms with Crippen molar-refractivity contribution < 1.29 is 9.59 Å². The maximum absolute atomic E-state index is 11.7. The summed E-state index contributed by atoms with van der Waals surface area (Å²) in [5, 5.41) is 5.71. The van der Waals surface area contributed by atoms with Crippen LogP contribution in [-0.4, -0.2) is 30.6 Å². The number of hydrogen-bond acceptors (Lipinski definition) is 3. The van der Waals surface area contributed by atoms with Crippen molar-refractivity contribution in [2.75, 3.05) is 18.4 Å². The third kappa shape index (κ3) is 2.51. The molecule has 0 aromatic heterocycles. The highest BCUT2D eigenvalue weighted by molar-refractivity contribution is 6.48. The van der Waals surface area contributed by atoms with E-state index < -0.39 is 0 Å². The van der Waals surface area contributed by atoms with Gasteiger partial charge in [-0.05, 0) is 6.07 Å². The first-order valence-corrected chi connectivity index (χ1v) is 5.86. The van der Waals surface area contributed by atoms with Gasteiger partial charge in [0.05, 0.1) is 17.3 Å². The molecule has 2 amide bonds. The molecule has 1 aliphatic rings. The first-order chi connectivity index (χ1) is 8.59. The van der Waals surface area contributed by atoms with Crippen LogP contribution in [0.3, 0.4) is 0 Å². The number of carbonyl (C=O) groups excluding carboxylic acids is 2. The van der Waals surface area contributed by atoms with E-state index in [1.807, 2.05) is 0 Å². The van der Waals surface area contributed by atoms with E-state index in [9.17, 15) is 9.59 Å². The molecular weight excluding hydrogens is 254 g/mol. The Bertz CT molecular complexity index is 540. The van der Waals surface area contributed by atoms with Crippen LogP contribution in [-0.2, 0) is 9.59 Å². The molecule has 2 rings (SSSR count). The van der Waals surface area contributed by atoms with Gasteiger partial charge in [-0.3, -0.25) is 14.6 Å². The molecule has 0 bridgehead atoms. The third-order valence-electron chi connectivity index (χ3n) is 2.45. The van der Waals surface area contributed by atoms with Crippen LogP contribution in [0.15, 0.2) is 23.2 Å². The fourth-order valence-corrected chi connectivity index (χ4v) is 1.95. The van der Waals surface area contributed by atoms with Crippen molar-refractivity contribution in [2.45, 2.75) is 6.92 Å². The normalized spacial score (nSPS) is 14.8. The van der Waals surface area contributed by atoms with Crippen LogP contribution in [0.2, 0.25) is 5.02 Å². The fraction of sp³-hybridized carbons (Fsp3) is 0.250. The van der Waals surface area contributed by atoms with Crippen molar-refractivity contribution in [3.05, 3.63) is 28.8 Å². The first-order valence-electron chi connectivity index (χ1n) is 5.48. The average Bonchev–Trinajstić information content (AvgIpc) is 2.32. The monoisotopic (exact) mass is 265 g/mol. The topological polar surface area (TPSA) is 70.6 Å². The zero-order valence-electron chi connectivity index (χ0n) is 9.79. The lowest BCUT2D eigenvalue weighted by molar-refractivity contribution is -0.115. The predicted octanol–water partition coefficient (Wildman–Crippen LogP) is 1.22. The molecule has 0 saturated heterocycles. The molecule has 5 nitrogen and oxygen atoms in total. The fourth-order valence-electron chi connectivity index (χ4n) is 1.72. The van der Waals surface area contributed by atoms with E-state index in [0.29, 0.717) is 35.1 Å². The van der Waals surface area contributed by atoms with Gasteiger partial charge >= 0.3 is 0 Å². The molecule has 18 heavy (non-hydrogen) atoms. The summed E-state index contributed by atoms with van der Waals surface area (Å²) in [4.78, 5) is 27.1. The Morgan fingerprint density at radius 1 is 1.50 bits per heavy atom. The van der Waals surface area contributed by atoms with Crippen molar-refractivity contribution in [1.82, 2.24) is 5.32 Å². The van der Waals surface area contributed by atoms with E-state index in [2.05, 4.69) is 15.6 Å². The lowest BCUT2D eigenvalue weighted by Gasteiger charge is -2.16. The van der Waals surface area contributed by atoms with E-state index in [-0.39, 0.29) is 11.8 Å². The molecule has 2 N–H and O–H groups in total. The van der Waals surface area contributed by atoms with Crippen LogP contribution < -0.4 is 10.6 Å². The van der Waals surface area contributed by atoms with Crippen LogP contribution in [0.25, 0.3) is 0 Å². The van der Waals surface area contributed by atoms with Crippen molar-refractivity contribution >= 4 is 34.8 Å². The number of amides is 2. The number of para-hydroxylation sites is 1. The summed E-state index contributed by atoms with van der Waals surface area (Å²) in [6.07, 6.45) is 0. The second-order valence-electron chi connectivity index (χ2n) is 3.83. The smallest absolute Gasteiger partial charge is 0.270 e. The van der Waals surface area contributed by atoms with Crippen molar-refractivity contribution in [3.63, 3.8) is 0 Å². The number of hydrogen-bond donors (Lipinski definition) is 2. The highest BCUT2D eigenvalue weighted by Crippen LogP contribution is 2.27. The Morgan fingerprint density at radius 2 is 2.28 bits per heavy atom. The molecular formula is C12H12ClN3O2. The number of halogens is 1. The molecule has 0 radical (unpaired) electrons. The van der Waals surface area contributed by atoms with Gasteiger partial charge in [0.1, 0.15) is 5.71 Å². The van der Waals surface area contributed by atoms with Crippen LogP contribution in [0.4, 0.5) is 5.69 Å². The second-order valence-corrected chi connectivity index (χ2v) is 4.24. The molecule has 94 valence electrons. The molecule has 1 aliphatic heterocycles. The van der Waals surface area contributed by atoms with E-state index in [4.69, 9.17) is 11.6 Å². The van der Waals surface area contributed by atoms with Crippen LogP contribution >= 0.6 is 11.6 Å². The van der Waals surface area contributed by atoms with Gasteiger partial charge in [0.25, 0.3) is 5.91 Å². The molecule has 0 fully saturated rings. The second kappa shape index (κ2) is 5.18. The highest BCUT2D eigenvalue weighted by Gasteiger charge is 2.21. The van der Waals surface area contributed by atoms with Gasteiger partial charge in [0.15, 0.2) is 0 Å². The first kappa shape index (κ1) is 12.6. The SMILES string of the molecule is CC(=O)Nc1c(Cl)cccc1C1=NCCNC1=O. The Morgan fingerprint density at radius 3 is 2.94 bits per heavy atom. The Balaban J connectivity index is 2.49. The largest absolute Gasteiger partial charge is 0.349 e. The summed E-state index contributed by atoms with van der Waals surface area (Å²) in [5.41, 5.74) is 1.25. The summed E-state index contributed by atoms with van der Waals surface area (Å²) < 4.78 is 0. The maximum atomic E-state index is 11.7. The Labute approximate surface area is 109 Å². The zero-order chi connectivity index (χ0) is 13.1. The number of rotatable bonds is 2. The van der Waals surface area contributed by atoms with E-state index >= 15 is 0 Å². The molecule has 0 atom stereocenters. The zero-order valence-corrected chi connectivity index (χ0v) is 10.5. The lowest BCUT2D eigenvalue weighted by atomic mass is 10.1. The Hall–Kier alpha value is -1.88. The minimum atomic E-state index is -0.255. The van der Waals surface area contributed by atoms with E-state index in [1.54, 1.807) is 18.2 Å². The van der Waals surface area contributed by atoms with Gasteiger partial charge in [-0.1, -0.05) is 23.7 Å². The molecule has 1 heterocycles. The predicted molar refractivity (Wildman–Crippen MR) is 70.2 cm³/mol. The maximum Gasteiger partial charge on any atom is 0.270 e. The number of aliphatic imine (C=N–C) groups is 1. The molecule has 0 spiro atoms. The number of nitrogens with one attached hydrogen (secondary N) is 2. The quantitative estimate of drug-likeness (QED) is 0.844.